The molecule has 0 heterocycles. The third-order valence-electron chi connectivity index (χ3n) is 1.96. The van der Waals surface area contributed by atoms with Crippen LogP contribution in [0.5, 0.6) is 5.75 Å². The molecule has 0 aliphatic rings. The maximum atomic E-state index is 9.70. The summed E-state index contributed by atoms with van der Waals surface area (Å²) in [5, 5.41) is 9.70. The third-order valence-corrected chi connectivity index (χ3v) is 2.96. The Hall–Kier alpha value is -0.210. The van der Waals surface area contributed by atoms with Crippen LogP contribution >= 0.6 is 28.3 Å². The SMILES string of the molecule is Cc1ccc(C(C)C)c(O)c1Br.Cl. The molecule has 0 unspecified atom stereocenters. The molecule has 0 radical (unpaired) electrons. The summed E-state index contributed by atoms with van der Waals surface area (Å²) in [5.74, 6) is 0.742. The molecule has 0 aliphatic carbocycles. The molecule has 0 spiro atoms. The highest BCUT2D eigenvalue weighted by atomic mass is 79.9. The second kappa shape index (κ2) is 4.87. The van der Waals surface area contributed by atoms with Crippen LogP contribution in [0.2, 0.25) is 0 Å². The van der Waals surface area contributed by atoms with Crippen LogP contribution in [0, 0.1) is 6.92 Å². The van der Waals surface area contributed by atoms with E-state index in [9.17, 15) is 5.11 Å². The summed E-state index contributed by atoms with van der Waals surface area (Å²) in [6.45, 7) is 6.10. The first-order chi connectivity index (χ1) is 5.54. The monoisotopic (exact) mass is 264 g/mol. The molecule has 0 atom stereocenters. The van der Waals surface area contributed by atoms with Gasteiger partial charge in [-0.15, -0.1) is 12.4 Å². The minimum atomic E-state index is 0. The van der Waals surface area contributed by atoms with Crippen LogP contribution in [0.3, 0.4) is 0 Å². The molecule has 1 N–H and O–H groups in total. The fourth-order valence-electron chi connectivity index (χ4n) is 1.15. The van der Waals surface area contributed by atoms with Gasteiger partial charge in [0.1, 0.15) is 5.75 Å². The summed E-state index contributed by atoms with van der Waals surface area (Å²) in [5.41, 5.74) is 2.06. The first-order valence-electron chi connectivity index (χ1n) is 4.02. The van der Waals surface area contributed by atoms with Gasteiger partial charge in [0.15, 0.2) is 0 Å². The standard InChI is InChI=1S/C10H13BrO.ClH/c1-6(2)8-5-4-7(3)9(11)10(8)12;/h4-6,12H,1-3H3;1H. The molecule has 1 rings (SSSR count). The minimum Gasteiger partial charge on any atom is -0.506 e. The zero-order valence-electron chi connectivity index (χ0n) is 7.97. The van der Waals surface area contributed by atoms with Gasteiger partial charge in [-0.1, -0.05) is 26.0 Å². The third kappa shape index (κ3) is 2.61. The van der Waals surface area contributed by atoms with Gasteiger partial charge < -0.3 is 5.11 Å². The number of phenols is 1. The first kappa shape index (κ1) is 12.8. The van der Waals surface area contributed by atoms with Crippen molar-refractivity contribution in [2.75, 3.05) is 0 Å². The van der Waals surface area contributed by atoms with E-state index in [4.69, 9.17) is 0 Å². The van der Waals surface area contributed by atoms with E-state index < -0.39 is 0 Å². The van der Waals surface area contributed by atoms with Gasteiger partial charge in [0.25, 0.3) is 0 Å². The van der Waals surface area contributed by atoms with Crippen LogP contribution in [-0.2, 0) is 0 Å². The highest BCUT2D eigenvalue weighted by molar-refractivity contribution is 9.10. The zero-order chi connectivity index (χ0) is 9.30. The van der Waals surface area contributed by atoms with Gasteiger partial charge in [-0.05, 0) is 39.9 Å². The maximum Gasteiger partial charge on any atom is 0.133 e. The predicted octanol–water partition coefficient (Wildman–Crippen LogP) is 4.01. The molecule has 3 heteroatoms. The van der Waals surface area contributed by atoms with E-state index in [0.717, 1.165) is 15.6 Å². The van der Waals surface area contributed by atoms with E-state index in [1.165, 1.54) is 0 Å². The normalized spacial score (nSPS) is 9.92. The number of hydrogen-bond acceptors (Lipinski definition) is 1. The highest BCUT2D eigenvalue weighted by Crippen LogP contribution is 2.34. The Morgan fingerprint density at radius 2 is 1.85 bits per heavy atom. The Morgan fingerprint density at radius 1 is 1.31 bits per heavy atom. The Balaban J connectivity index is 0.00000144. The number of aromatic hydroxyl groups is 1. The number of phenolic OH excluding ortho intramolecular Hbond substituents is 1. The van der Waals surface area contributed by atoms with Gasteiger partial charge in [0.05, 0.1) is 4.47 Å². The Kier molecular flexibility index (Phi) is 4.79. The molecule has 0 saturated heterocycles. The number of rotatable bonds is 1. The van der Waals surface area contributed by atoms with Crippen molar-refractivity contribution in [2.24, 2.45) is 0 Å². The lowest BCUT2D eigenvalue weighted by Crippen LogP contribution is -1.89. The zero-order valence-corrected chi connectivity index (χ0v) is 10.4. The van der Waals surface area contributed by atoms with Crippen molar-refractivity contribution in [3.05, 3.63) is 27.7 Å². The molecule has 0 amide bonds. The molecule has 74 valence electrons. The first-order valence-corrected chi connectivity index (χ1v) is 4.81. The Labute approximate surface area is 93.7 Å². The second-order valence-electron chi connectivity index (χ2n) is 3.29. The van der Waals surface area contributed by atoms with Crippen molar-refractivity contribution in [2.45, 2.75) is 26.7 Å². The topological polar surface area (TPSA) is 20.2 Å². The molecule has 0 aliphatic heterocycles. The fourth-order valence-corrected chi connectivity index (χ4v) is 1.51. The number of hydrogen-bond donors (Lipinski definition) is 1. The van der Waals surface area contributed by atoms with Gasteiger partial charge in [0.2, 0.25) is 0 Å². The van der Waals surface area contributed by atoms with Crippen molar-refractivity contribution >= 4 is 28.3 Å². The lowest BCUT2D eigenvalue weighted by molar-refractivity contribution is 0.461. The smallest absolute Gasteiger partial charge is 0.133 e. The Bertz CT molecular complexity index is 297. The van der Waals surface area contributed by atoms with Crippen molar-refractivity contribution in [1.82, 2.24) is 0 Å². The van der Waals surface area contributed by atoms with Crippen LogP contribution in [0.25, 0.3) is 0 Å². The van der Waals surface area contributed by atoms with Crippen molar-refractivity contribution < 1.29 is 5.11 Å². The number of benzene rings is 1. The average Bonchev–Trinajstić information content (AvgIpc) is 2.00. The van der Waals surface area contributed by atoms with Crippen molar-refractivity contribution in [1.29, 1.82) is 0 Å². The quantitative estimate of drug-likeness (QED) is 0.813. The molecule has 1 aromatic carbocycles. The van der Waals surface area contributed by atoms with Crippen LogP contribution in [0.4, 0.5) is 0 Å². The number of halogens is 2. The summed E-state index contributed by atoms with van der Waals surface area (Å²) in [6, 6.07) is 3.99. The van der Waals surface area contributed by atoms with Crippen LogP contribution in [0.1, 0.15) is 30.9 Å². The average molecular weight is 266 g/mol. The van der Waals surface area contributed by atoms with E-state index in [2.05, 4.69) is 29.8 Å². The van der Waals surface area contributed by atoms with E-state index in [1.54, 1.807) is 0 Å². The van der Waals surface area contributed by atoms with Crippen LogP contribution in [0.15, 0.2) is 16.6 Å². The summed E-state index contributed by atoms with van der Waals surface area (Å²) in [4.78, 5) is 0. The molecule has 0 saturated carbocycles. The lowest BCUT2D eigenvalue weighted by atomic mass is 10.0. The van der Waals surface area contributed by atoms with Crippen LogP contribution in [-0.4, -0.2) is 5.11 Å². The summed E-state index contributed by atoms with van der Waals surface area (Å²) < 4.78 is 0.814. The van der Waals surface area contributed by atoms with Gasteiger partial charge in [-0.2, -0.15) is 0 Å². The molecule has 0 fully saturated rings. The lowest BCUT2D eigenvalue weighted by Gasteiger charge is -2.10. The second-order valence-corrected chi connectivity index (χ2v) is 4.08. The van der Waals surface area contributed by atoms with E-state index in [1.807, 2.05) is 19.1 Å². The molecule has 13 heavy (non-hydrogen) atoms. The molecule has 1 nitrogen and oxygen atoms in total. The van der Waals surface area contributed by atoms with E-state index >= 15 is 0 Å². The van der Waals surface area contributed by atoms with Gasteiger partial charge in [0, 0.05) is 0 Å². The van der Waals surface area contributed by atoms with E-state index in [-0.39, 0.29) is 12.4 Å². The summed E-state index contributed by atoms with van der Waals surface area (Å²) >= 11 is 3.35. The van der Waals surface area contributed by atoms with Crippen molar-refractivity contribution in [3.8, 4) is 5.75 Å². The van der Waals surface area contributed by atoms with Gasteiger partial charge in [-0.25, -0.2) is 0 Å². The minimum absolute atomic E-state index is 0. The molecule has 0 aromatic heterocycles. The van der Waals surface area contributed by atoms with E-state index in [0.29, 0.717) is 11.7 Å². The molecular weight excluding hydrogens is 251 g/mol. The number of aryl methyl sites for hydroxylation is 1. The summed E-state index contributed by atoms with van der Waals surface area (Å²) in [6.07, 6.45) is 0. The van der Waals surface area contributed by atoms with Gasteiger partial charge in [-0.3, -0.25) is 0 Å². The summed E-state index contributed by atoms with van der Waals surface area (Å²) in [7, 11) is 0. The molecular formula is C10H14BrClO. The maximum absolute atomic E-state index is 9.70. The predicted molar refractivity (Wildman–Crippen MR) is 61.9 cm³/mol. The largest absolute Gasteiger partial charge is 0.506 e. The molecule has 1 aromatic rings. The molecule has 0 bridgehead atoms. The van der Waals surface area contributed by atoms with Crippen molar-refractivity contribution in [3.63, 3.8) is 0 Å². The Morgan fingerprint density at radius 3 is 2.31 bits per heavy atom. The highest BCUT2D eigenvalue weighted by Gasteiger charge is 2.09. The fraction of sp³-hybridized carbons (Fsp3) is 0.400. The van der Waals surface area contributed by atoms with Crippen LogP contribution < -0.4 is 0 Å². The van der Waals surface area contributed by atoms with Gasteiger partial charge >= 0.3 is 0 Å².